The highest BCUT2D eigenvalue weighted by atomic mass is 16.5. The van der Waals surface area contributed by atoms with Gasteiger partial charge < -0.3 is 15.4 Å². The number of carbonyl (C=O) groups excluding carboxylic acids is 1. The number of nitrogens with two attached hydrogens (primary N) is 1. The van der Waals surface area contributed by atoms with Crippen LogP contribution in [0.15, 0.2) is 0 Å². The Hall–Kier alpha value is -0.610. The Kier molecular flexibility index (Phi) is 5.77. The molecule has 1 rings (SSSR count). The summed E-state index contributed by atoms with van der Waals surface area (Å²) in [7, 11) is 1.91. The lowest BCUT2D eigenvalue weighted by molar-refractivity contribution is -0.133. The van der Waals surface area contributed by atoms with Crippen LogP contribution in [-0.2, 0) is 9.53 Å². The number of amides is 1. The zero-order valence-corrected chi connectivity index (χ0v) is 10.4. The van der Waals surface area contributed by atoms with Crippen LogP contribution in [-0.4, -0.2) is 43.7 Å². The van der Waals surface area contributed by atoms with Crippen molar-refractivity contribution in [1.82, 2.24) is 4.90 Å². The summed E-state index contributed by atoms with van der Waals surface area (Å²) in [6, 6.07) is 0.370. The normalized spacial score (nSPS) is 19.4. The molecule has 1 unspecified atom stereocenters. The van der Waals surface area contributed by atoms with E-state index in [2.05, 4.69) is 6.92 Å². The molecule has 0 saturated carbocycles. The highest BCUT2D eigenvalue weighted by Crippen LogP contribution is 2.15. The summed E-state index contributed by atoms with van der Waals surface area (Å²) < 4.78 is 5.29. The van der Waals surface area contributed by atoms with Crippen molar-refractivity contribution in [3.05, 3.63) is 0 Å². The summed E-state index contributed by atoms with van der Waals surface area (Å²) >= 11 is 0. The molecule has 1 amide bonds. The van der Waals surface area contributed by atoms with Crippen molar-refractivity contribution in [2.24, 2.45) is 11.7 Å². The molecule has 94 valence electrons. The summed E-state index contributed by atoms with van der Waals surface area (Å²) in [5, 5.41) is 0. The lowest BCUT2D eigenvalue weighted by Crippen LogP contribution is -2.40. The number of hydrogen-bond acceptors (Lipinski definition) is 3. The first-order valence-corrected chi connectivity index (χ1v) is 6.18. The molecule has 4 nitrogen and oxygen atoms in total. The van der Waals surface area contributed by atoms with Crippen molar-refractivity contribution in [3.8, 4) is 0 Å². The fourth-order valence-electron chi connectivity index (χ4n) is 1.94. The summed E-state index contributed by atoms with van der Waals surface area (Å²) in [6.45, 7) is 4.30. The van der Waals surface area contributed by atoms with Crippen LogP contribution in [0.4, 0.5) is 0 Å². The number of hydrogen-bond donors (Lipinski definition) is 1. The van der Waals surface area contributed by atoms with Crippen molar-refractivity contribution < 1.29 is 9.53 Å². The van der Waals surface area contributed by atoms with Crippen molar-refractivity contribution in [1.29, 1.82) is 0 Å². The van der Waals surface area contributed by atoms with Crippen LogP contribution in [0.3, 0.4) is 0 Å². The molecule has 0 spiro atoms. The molecule has 0 aromatic heterocycles. The second-order valence-electron chi connectivity index (χ2n) is 4.73. The molecule has 0 radical (unpaired) electrons. The first kappa shape index (κ1) is 13.5. The lowest BCUT2D eigenvalue weighted by Gasteiger charge is -2.31. The van der Waals surface area contributed by atoms with Crippen LogP contribution in [0, 0.1) is 5.92 Å². The molecule has 16 heavy (non-hydrogen) atoms. The van der Waals surface area contributed by atoms with E-state index in [1.807, 2.05) is 11.9 Å². The zero-order valence-electron chi connectivity index (χ0n) is 10.4. The van der Waals surface area contributed by atoms with Gasteiger partial charge in [0.25, 0.3) is 0 Å². The monoisotopic (exact) mass is 228 g/mol. The molecule has 1 aliphatic rings. The topological polar surface area (TPSA) is 55.6 Å². The van der Waals surface area contributed by atoms with E-state index in [4.69, 9.17) is 10.5 Å². The van der Waals surface area contributed by atoms with E-state index in [9.17, 15) is 4.79 Å². The minimum Gasteiger partial charge on any atom is -0.381 e. The van der Waals surface area contributed by atoms with Crippen LogP contribution >= 0.6 is 0 Å². The van der Waals surface area contributed by atoms with E-state index >= 15 is 0 Å². The first-order chi connectivity index (χ1) is 7.65. The Labute approximate surface area is 98.1 Å². The van der Waals surface area contributed by atoms with E-state index in [1.54, 1.807) is 0 Å². The average molecular weight is 228 g/mol. The van der Waals surface area contributed by atoms with E-state index in [0.717, 1.165) is 32.5 Å². The van der Waals surface area contributed by atoms with Crippen LogP contribution in [0.1, 0.15) is 32.6 Å². The molecule has 0 bridgehead atoms. The molecule has 1 aliphatic heterocycles. The second kappa shape index (κ2) is 6.86. The molecule has 2 N–H and O–H groups in total. The Morgan fingerprint density at radius 3 is 2.69 bits per heavy atom. The van der Waals surface area contributed by atoms with Crippen LogP contribution in [0.2, 0.25) is 0 Å². The van der Waals surface area contributed by atoms with E-state index < -0.39 is 0 Å². The Bertz CT molecular complexity index is 215. The predicted octanol–water partition coefficient (Wildman–Crippen LogP) is 0.999. The maximum absolute atomic E-state index is 11.9. The number of carbonyl (C=O) groups is 1. The third kappa shape index (κ3) is 4.10. The summed E-state index contributed by atoms with van der Waals surface area (Å²) in [5.74, 6) is 0.680. The largest absolute Gasteiger partial charge is 0.381 e. The van der Waals surface area contributed by atoms with Crippen LogP contribution in [0.25, 0.3) is 0 Å². The molecule has 1 saturated heterocycles. The smallest absolute Gasteiger partial charge is 0.222 e. The van der Waals surface area contributed by atoms with Gasteiger partial charge in [-0.25, -0.2) is 0 Å². The zero-order chi connectivity index (χ0) is 12.0. The highest BCUT2D eigenvalue weighted by molar-refractivity contribution is 5.76. The standard InChI is InChI=1S/C12H24N2O2/c1-10(9-13)3-4-12(15)14(2)11-5-7-16-8-6-11/h10-11H,3-9,13H2,1-2H3. The highest BCUT2D eigenvalue weighted by Gasteiger charge is 2.22. The number of nitrogens with zero attached hydrogens (tertiary/aromatic N) is 1. The van der Waals surface area contributed by atoms with Gasteiger partial charge in [-0.05, 0) is 31.7 Å². The molecule has 0 aromatic rings. The van der Waals surface area contributed by atoms with Gasteiger partial charge >= 0.3 is 0 Å². The SMILES string of the molecule is CC(CN)CCC(=O)N(C)C1CCOCC1. The van der Waals surface area contributed by atoms with Gasteiger partial charge in [-0.3, -0.25) is 4.79 Å². The third-order valence-corrected chi connectivity index (χ3v) is 3.39. The summed E-state index contributed by atoms with van der Waals surface area (Å²) in [4.78, 5) is 13.8. The van der Waals surface area contributed by atoms with Gasteiger partial charge in [0.05, 0.1) is 0 Å². The van der Waals surface area contributed by atoms with Gasteiger partial charge in [0, 0.05) is 32.7 Å². The molecule has 1 fully saturated rings. The minimum atomic E-state index is 0.243. The number of rotatable bonds is 5. The number of ether oxygens (including phenoxy) is 1. The third-order valence-electron chi connectivity index (χ3n) is 3.39. The van der Waals surface area contributed by atoms with Gasteiger partial charge in [-0.1, -0.05) is 6.92 Å². The maximum atomic E-state index is 11.9. The van der Waals surface area contributed by atoms with Crippen molar-refractivity contribution in [2.45, 2.75) is 38.6 Å². The average Bonchev–Trinajstić information content (AvgIpc) is 2.35. The van der Waals surface area contributed by atoms with Crippen LogP contribution in [0.5, 0.6) is 0 Å². The Morgan fingerprint density at radius 1 is 1.50 bits per heavy atom. The summed E-state index contributed by atoms with van der Waals surface area (Å²) in [6.07, 6.45) is 3.44. The van der Waals surface area contributed by atoms with Crippen molar-refractivity contribution in [3.63, 3.8) is 0 Å². The molecular weight excluding hydrogens is 204 g/mol. The molecule has 1 heterocycles. The Balaban J connectivity index is 2.29. The Morgan fingerprint density at radius 2 is 2.12 bits per heavy atom. The molecule has 0 aromatic carbocycles. The van der Waals surface area contributed by atoms with Gasteiger partial charge in [-0.15, -0.1) is 0 Å². The second-order valence-corrected chi connectivity index (χ2v) is 4.73. The van der Waals surface area contributed by atoms with Gasteiger partial charge in [0.1, 0.15) is 0 Å². The first-order valence-electron chi connectivity index (χ1n) is 6.18. The van der Waals surface area contributed by atoms with E-state index in [-0.39, 0.29) is 5.91 Å². The maximum Gasteiger partial charge on any atom is 0.222 e. The minimum absolute atomic E-state index is 0.243. The quantitative estimate of drug-likeness (QED) is 0.763. The predicted molar refractivity (Wildman–Crippen MR) is 64.1 cm³/mol. The van der Waals surface area contributed by atoms with Crippen molar-refractivity contribution >= 4 is 5.91 Å². The summed E-state index contributed by atoms with van der Waals surface area (Å²) in [5.41, 5.74) is 5.54. The van der Waals surface area contributed by atoms with E-state index in [0.29, 0.717) is 24.9 Å². The van der Waals surface area contributed by atoms with Gasteiger partial charge in [-0.2, -0.15) is 0 Å². The molecule has 4 heteroatoms. The molecule has 1 atom stereocenters. The van der Waals surface area contributed by atoms with Crippen LogP contribution < -0.4 is 5.73 Å². The van der Waals surface area contributed by atoms with Crippen molar-refractivity contribution in [2.75, 3.05) is 26.8 Å². The van der Waals surface area contributed by atoms with Gasteiger partial charge in [0.15, 0.2) is 0 Å². The lowest BCUT2D eigenvalue weighted by atomic mass is 10.0. The molecular formula is C12H24N2O2. The fraction of sp³-hybridized carbons (Fsp3) is 0.917. The van der Waals surface area contributed by atoms with Gasteiger partial charge in [0.2, 0.25) is 5.91 Å². The molecule has 0 aliphatic carbocycles. The van der Waals surface area contributed by atoms with E-state index in [1.165, 1.54) is 0 Å². The fourth-order valence-corrected chi connectivity index (χ4v) is 1.94.